The van der Waals surface area contributed by atoms with Gasteiger partial charge in [0.15, 0.2) is 5.78 Å². The highest BCUT2D eigenvalue weighted by molar-refractivity contribution is 5.98. The third kappa shape index (κ3) is 6.06. The summed E-state index contributed by atoms with van der Waals surface area (Å²) in [5.74, 6) is -1.32. The van der Waals surface area contributed by atoms with Crippen molar-refractivity contribution in [2.24, 2.45) is 0 Å². The molecule has 2 fully saturated rings. The average Bonchev–Trinajstić information content (AvgIpc) is 2.86. The van der Waals surface area contributed by atoms with Crippen LogP contribution in [0.2, 0.25) is 0 Å². The van der Waals surface area contributed by atoms with Crippen LogP contribution in [0.25, 0.3) is 0 Å². The van der Waals surface area contributed by atoms with Crippen LogP contribution < -0.4 is 15.5 Å². The topological polar surface area (TPSA) is 102 Å². The van der Waals surface area contributed by atoms with Crippen molar-refractivity contribution in [1.82, 2.24) is 15.1 Å². The lowest BCUT2D eigenvalue weighted by atomic mass is 10.1. The predicted octanol–water partition coefficient (Wildman–Crippen LogP) is 1.51. The average molecular weight is 496 g/mol. The third-order valence-electron chi connectivity index (χ3n) is 6.53. The highest BCUT2D eigenvalue weighted by Crippen LogP contribution is 2.20. The van der Waals surface area contributed by atoms with E-state index in [2.05, 4.69) is 10.6 Å². The van der Waals surface area contributed by atoms with Crippen molar-refractivity contribution in [3.05, 3.63) is 59.9 Å². The zero-order valence-electron chi connectivity index (χ0n) is 20.2. The molecule has 2 aromatic carbocycles. The molecule has 0 aliphatic carbocycles. The first-order valence-electron chi connectivity index (χ1n) is 12.0. The van der Waals surface area contributed by atoms with E-state index in [0.717, 1.165) is 0 Å². The number of amides is 3. The number of Topliss-reactive ketones (excluding diaryl/α,β-unsaturated/α-hetero) is 1. The molecule has 2 aliphatic rings. The van der Waals surface area contributed by atoms with Gasteiger partial charge in [0.2, 0.25) is 17.7 Å². The van der Waals surface area contributed by atoms with Gasteiger partial charge in [-0.05, 0) is 43.3 Å². The highest BCUT2D eigenvalue weighted by atomic mass is 19.1. The number of hydrogen-bond acceptors (Lipinski definition) is 6. The number of nitrogens with zero attached hydrogens (tertiary/aromatic N) is 3. The van der Waals surface area contributed by atoms with Crippen molar-refractivity contribution >= 4 is 34.9 Å². The molecule has 2 N–H and O–H groups in total. The number of carbonyl (C=O) groups is 4. The molecule has 0 aromatic heterocycles. The van der Waals surface area contributed by atoms with Gasteiger partial charge in [-0.1, -0.05) is 12.1 Å². The van der Waals surface area contributed by atoms with E-state index in [0.29, 0.717) is 56.2 Å². The van der Waals surface area contributed by atoms with E-state index in [1.54, 1.807) is 42.5 Å². The Labute approximate surface area is 209 Å². The Kier molecular flexibility index (Phi) is 7.94. The van der Waals surface area contributed by atoms with Gasteiger partial charge in [0.1, 0.15) is 11.9 Å². The molecule has 0 saturated carbocycles. The van der Waals surface area contributed by atoms with Crippen molar-refractivity contribution in [2.45, 2.75) is 19.4 Å². The van der Waals surface area contributed by atoms with Crippen LogP contribution in [0.15, 0.2) is 48.5 Å². The van der Waals surface area contributed by atoms with Crippen molar-refractivity contribution in [2.75, 3.05) is 56.0 Å². The lowest BCUT2D eigenvalue weighted by Crippen LogP contribution is -2.60. The molecular weight excluding hydrogens is 465 g/mol. The molecule has 2 aliphatic heterocycles. The first kappa shape index (κ1) is 25.3. The lowest BCUT2D eigenvalue weighted by Gasteiger charge is -2.39. The minimum atomic E-state index is -0.901. The molecule has 36 heavy (non-hydrogen) atoms. The molecule has 10 heteroatoms. The van der Waals surface area contributed by atoms with Crippen LogP contribution in [-0.4, -0.2) is 85.2 Å². The van der Waals surface area contributed by atoms with E-state index >= 15 is 0 Å². The summed E-state index contributed by atoms with van der Waals surface area (Å²) in [5, 5.41) is 5.46. The number of hydrogen-bond donors (Lipinski definition) is 2. The van der Waals surface area contributed by atoms with Gasteiger partial charge < -0.3 is 20.4 Å². The minimum absolute atomic E-state index is 0.0745. The molecule has 0 bridgehead atoms. The summed E-state index contributed by atoms with van der Waals surface area (Å²) in [6, 6.07) is 12.2. The van der Waals surface area contributed by atoms with Crippen LogP contribution in [0.5, 0.6) is 0 Å². The fourth-order valence-electron chi connectivity index (χ4n) is 4.53. The molecule has 2 heterocycles. The van der Waals surface area contributed by atoms with E-state index in [1.807, 2.05) is 9.80 Å². The lowest BCUT2D eigenvalue weighted by molar-refractivity contribution is -0.145. The van der Waals surface area contributed by atoms with Gasteiger partial charge in [-0.2, -0.15) is 0 Å². The fraction of sp³-hybridized carbons (Fsp3) is 0.385. The molecule has 190 valence electrons. The van der Waals surface area contributed by atoms with Gasteiger partial charge in [-0.3, -0.25) is 24.1 Å². The fourth-order valence-corrected chi connectivity index (χ4v) is 4.53. The van der Waals surface area contributed by atoms with Crippen molar-refractivity contribution < 1.29 is 23.6 Å². The number of ketones is 1. The zero-order valence-corrected chi connectivity index (χ0v) is 20.2. The molecule has 2 aromatic rings. The maximum Gasteiger partial charge on any atom is 0.243 e. The molecule has 9 nitrogen and oxygen atoms in total. The van der Waals surface area contributed by atoms with E-state index in [4.69, 9.17) is 0 Å². The van der Waals surface area contributed by atoms with Crippen LogP contribution in [0, 0.1) is 5.82 Å². The summed E-state index contributed by atoms with van der Waals surface area (Å²) in [6.07, 6.45) is -0.174. The zero-order chi connectivity index (χ0) is 25.7. The summed E-state index contributed by atoms with van der Waals surface area (Å²) < 4.78 is 14.1. The van der Waals surface area contributed by atoms with Crippen LogP contribution >= 0.6 is 0 Å². The second-order valence-electron chi connectivity index (χ2n) is 8.99. The van der Waals surface area contributed by atoms with Gasteiger partial charge in [-0.25, -0.2) is 4.39 Å². The molecule has 1 atom stereocenters. The highest BCUT2D eigenvalue weighted by Gasteiger charge is 2.35. The number of halogens is 1. The number of nitrogens with one attached hydrogen (secondary N) is 2. The van der Waals surface area contributed by atoms with Gasteiger partial charge >= 0.3 is 0 Å². The van der Waals surface area contributed by atoms with Crippen LogP contribution in [-0.2, 0) is 14.4 Å². The normalized spacial score (nSPS) is 18.5. The second kappa shape index (κ2) is 11.3. The number of piperazine rings is 2. The first-order valence-corrected chi connectivity index (χ1v) is 12.0. The number of para-hydroxylation sites is 1. The maximum atomic E-state index is 14.1. The third-order valence-corrected chi connectivity index (χ3v) is 6.53. The van der Waals surface area contributed by atoms with E-state index < -0.39 is 11.9 Å². The summed E-state index contributed by atoms with van der Waals surface area (Å²) in [5.41, 5.74) is 1.59. The first-order chi connectivity index (χ1) is 17.3. The molecule has 4 rings (SSSR count). The number of rotatable bonds is 7. The molecule has 2 saturated heterocycles. The van der Waals surface area contributed by atoms with E-state index in [-0.39, 0.29) is 36.4 Å². The summed E-state index contributed by atoms with van der Waals surface area (Å²) >= 11 is 0. The minimum Gasteiger partial charge on any atom is -0.367 e. The van der Waals surface area contributed by atoms with Crippen molar-refractivity contribution in [3.8, 4) is 0 Å². The number of benzene rings is 2. The maximum absolute atomic E-state index is 14.1. The Morgan fingerprint density at radius 2 is 1.69 bits per heavy atom. The number of carbonyl (C=O) groups excluding carboxylic acids is 4. The smallest absolute Gasteiger partial charge is 0.243 e. The Morgan fingerprint density at radius 1 is 1.00 bits per heavy atom. The Balaban J connectivity index is 1.32. The summed E-state index contributed by atoms with van der Waals surface area (Å²) in [7, 11) is 0. The van der Waals surface area contributed by atoms with Crippen LogP contribution in [0.4, 0.5) is 15.8 Å². The van der Waals surface area contributed by atoms with Gasteiger partial charge in [0.25, 0.3) is 0 Å². The van der Waals surface area contributed by atoms with Gasteiger partial charge in [0, 0.05) is 50.5 Å². The Hall–Kier alpha value is -3.79. The van der Waals surface area contributed by atoms with Gasteiger partial charge in [0.05, 0.1) is 18.7 Å². The van der Waals surface area contributed by atoms with Crippen LogP contribution in [0.1, 0.15) is 23.7 Å². The largest absolute Gasteiger partial charge is 0.367 e. The van der Waals surface area contributed by atoms with E-state index in [9.17, 15) is 23.6 Å². The second-order valence-corrected chi connectivity index (χ2v) is 8.99. The van der Waals surface area contributed by atoms with Crippen LogP contribution in [0.3, 0.4) is 0 Å². The van der Waals surface area contributed by atoms with Crippen molar-refractivity contribution in [1.29, 1.82) is 0 Å². The Morgan fingerprint density at radius 3 is 2.36 bits per heavy atom. The number of anilines is 2. The standard InChI is InChI=1S/C26H30FN5O4/c1-18(33)19-6-8-20(9-7-19)29-24(34)16-23-26(36)28-10-11-32(23)25(35)17-30-12-14-31(15-13-30)22-5-3-2-4-21(22)27/h2-9,23H,10-17H2,1H3,(H,28,36)(H,29,34). The molecule has 0 spiro atoms. The Bertz CT molecular complexity index is 1130. The van der Waals surface area contributed by atoms with Crippen molar-refractivity contribution in [3.63, 3.8) is 0 Å². The summed E-state index contributed by atoms with van der Waals surface area (Å²) in [4.78, 5) is 55.2. The predicted molar refractivity (Wildman–Crippen MR) is 133 cm³/mol. The van der Waals surface area contributed by atoms with Gasteiger partial charge in [-0.15, -0.1) is 0 Å². The van der Waals surface area contributed by atoms with E-state index in [1.165, 1.54) is 17.9 Å². The molecular formula is C26H30FN5O4. The monoisotopic (exact) mass is 495 g/mol. The molecule has 3 amide bonds. The summed E-state index contributed by atoms with van der Waals surface area (Å²) in [6.45, 7) is 4.59. The molecule has 1 unspecified atom stereocenters. The quantitative estimate of drug-likeness (QED) is 0.565. The SMILES string of the molecule is CC(=O)c1ccc(NC(=O)CC2C(=O)NCCN2C(=O)CN2CCN(c3ccccc3F)CC2)cc1. The molecule has 0 radical (unpaired) electrons.